The van der Waals surface area contributed by atoms with E-state index in [9.17, 15) is 18.0 Å². The Balaban J connectivity index is 2.02. The average molecular weight is 611 g/mol. The summed E-state index contributed by atoms with van der Waals surface area (Å²) in [6.07, 6.45) is 1.69. The van der Waals surface area contributed by atoms with Gasteiger partial charge in [0.15, 0.2) is 0 Å². The molecule has 0 bridgehead atoms. The van der Waals surface area contributed by atoms with E-state index in [-0.39, 0.29) is 28.1 Å². The summed E-state index contributed by atoms with van der Waals surface area (Å²) in [5, 5.41) is 3.69. The first-order valence-electron chi connectivity index (χ1n) is 12.4. The van der Waals surface area contributed by atoms with Crippen molar-refractivity contribution in [2.45, 2.75) is 44.2 Å². The van der Waals surface area contributed by atoms with Crippen molar-refractivity contribution < 1.29 is 18.0 Å². The van der Waals surface area contributed by atoms with Gasteiger partial charge in [-0.25, -0.2) is 8.42 Å². The van der Waals surface area contributed by atoms with Crippen molar-refractivity contribution in [2.75, 3.05) is 17.4 Å². The second-order valence-electron chi connectivity index (χ2n) is 8.89. The fourth-order valence-electron chi connectivity index (χ4n) is 3.87. The molecule has 208 valence electrons. The third-order valence-corrected chi connectivity index (χ3v) is 8.57. The maximum Gasteiger partial charge on any atom is 0.264 e. The van der Waals surface area contributed by atoms with Crippen LogP contribution in [0.2, 0.25) is 15.1 Å². The van der Waals surface area contributed by atoms with Crippen molar-refractivity contribution in [3.05, 3.63) is 93.4 Å². The molecule has 3 aromatic rings. The molecule has 0 unspecified atom stereocenters. The summed E-state index contributed by atoms with van der Waals surface area (Å²) < 4.78 is 28.5. The van der Waals surface area contributed by atoms with Gasteiger partial charge in [0.1, 0.15) is 12.6 Å². The van der Waals surface area contributed by atoms with Crippen molar-refractivity contribution in [3.63, 3.8) is 0 Å². The summed E-state index contributed by atoms with van der Waals surface area (Å²) in [6, 6.07) is 18.1. The summed E-state index contributed by atoms with van der Waals surface area (Å²) in [7, 11) is -4.22. The molecular formula is C28H30Cl3N3O4S. The van der Waals surface area contributed by atoms with Crippen LogP contribution in [-0.4, -0.2) is 44.3 Å². The van der Waals surface area contributed by atoms with Gasteiger partial charge in [0, 0.05) is 23.1 Å². The van der Waals surface area contributed by atoms with Crippen LogP contribution in [0.1, 0.15) is 32.3 Å². The Labute approximate surface area is 244 Å². The number of amides is 2. The lowest BCUT2D eigenvalue weighted by Crippen LogP contribution is -2.51. The molecule has 0 aliphatic rings. The van der Waals surface area contributed by atoms with Gasteiger partial charge >= 0.3 is 0 Å². The van der Waals surface area contributed by atoms with Crippen LogP contribution < -0.4 is 9.62 Å². The molecule has 0 saturated heterocycles. The number of nitrogens with one attached hydrogen (secondary N) is 1. The van der Waals surface area contributed by atoms with E-state index >= 15 is 0 Å². The number of hydrogen-bond donors (Lipinski definition) is 1. The van der Waals surface area contributed by atoms with Gasteiger partial charge in [-0.1, -0.05) is 78.5 Å². The van der Waals surface area contributed by atoms with E-state index in [1.54, 1.807) is 49.4 Å². The lowest BCUT2D eigenvalue weighted by molar-refractivity contribution is -0.139. The number of rotatable bonds is 12. The molecule has 39 heavy (non-hydrogen) atoms. The van der Waals surface area contributed by atoms with Crippen LogP contribution in [0.15, 0.2) is 77.7 Å². The molecule has 1 N–H and O–H groups in total. The van der Waals surface area contributed by atoms with Crippen molar-refractivity contribution in [2.24, 2.45) is 0 Å². The lowest BCUT2D eigenvalue weighted by Gasteiger charge is -2.32. The number of sulfonamides is 1. The molecule has 0 heterocycles. The van der Waals surface area contributed by atoms with Gasteiger partial charge in [0.05, 0.1) is 15.6 Å². The number of nitrogens with zero attached hydrogens (tertiary/aromatic N) is 2. The van der Waals surface area contributed by atoms with E-state index in [0.29, 0.717) is 22.2 Å². The summed E-state index contributed by atoms with van der Waals surface area (Å²) in [5.74, 6) is -0.945. The monoisotopic (exact) mass is 609 g/mol. The Kier molecular flexibility index (Phi) is 11.1. The van der Waals surface area contributed by atoms with Crippen LogP contribution in [0.3, 0.4) is 0 Å². The van der Waals surface area contributed by atoms with Crippen molar-refractivity contribution in [3.8, 4) is 0 Å². The van der Waals surface area contributed by atoms with E-state index in [0.717, 1.165) is 17.1 Å². The second-order valence-corrected chi connectivity index (χ2v) is 12.0. The molecule has 0 radical (unpaired) electrons. The average Bonchev–Trinajstić information content (AvgIpc) is 2.91. The fourth-order valence-corrected chi connectivity index (χ4v) is 6.09. The summed E-state index contributed by atoms with van der Waals surface area (Å²) in [6.45, 7) is 3.51. The van der Waals surface area contributed by atoms with E-state index in [2.05, 4.69) is 5.32 Å². The maximum absolute atomic E-state index is 13.9. The van der Waals surface area contributed by atoms with Crippen LogP contribution in [0.5, 0.6) is 0 Å². The van der Waals surface area contributed by atoms with Gasteiger partial charge in [-0.05, 0) is 61.4 Å². The Morgan fingerprint density at radius 3 is 2.26 bits per heavy atom. The number of benzene rings is 3. The third-order valence-electron chi connectivity index (χ3n) is 6.03. The van der Waals surface area contributed by atoms with Crippen LogP contribution in [-0.2, 0) is 26.2 Å². The number of halogens is 3. The zero-order chi connectivity index (χ0) is 28.6. The molecule has 0 fully saturated rings. The Morgan fingerprint density at radius 1 is 0.923 bits per heavy atom. The molecule has 0 spiro atoms. The highest BCUT2D eigenvalue weighted by molar-refractivity contribution is 7.92. The first kappa shape index (κ1) is 30.8. The molecule has 7 nitrogen and oxygen atoms in total. The van der Waals surface area contributed by atoms with Crippen LogP contribution >= 0.6 is 34.8 Å². The molecule has 1 atom stereocenters. The molecule has 0 saturated carbocycles. The number of carbonyl (C=O) groups excluding carboxylic acids is 2. The van der Waals surface area contributed by atoms with Crippen molar-refractivity contribution in [1.82, 2.24) is 10.2 Å². The first-order chi connectivity index (χ1) is 18.5. The summed E-state index contributed by atoms with van der Waals surface area (Å²) >= 11 is 18.6. The minimum atomic E-state index is -4.22. The van der Waals surface area contributed by atoms with Crippen LogP contribution in [0.25, 0.3) is 0 Å². The number of unbranched alkanes of at least 4 members (excludes halogenated alkanes) is 1. The zero-order valence-electron chi connectivity index (χ0n) is 21.6. The lowest BCUT2D eigenvalue weighted by atomic mass is 10.1. The minimum Gasteiger partial charge on any atom is -0.354 e. The van der Waals surface area contributed by atoms with Gasteiger partial charge in [-0.2, -0.15) is 0 Å². The fraction of sp³-hybridized carbons (Fsp3) is 0.286. The predicted molar refractivity (Wildman–Crippen MR) is 157 cm³/mol. The Hall–Kier alpha value is -2.78. The second kappa shape index (κ2) is 14.0. The van der Waals surface area contributed by atoms with Crippen molar-refractivity contribution in [1.29, 1.82) is 0 Å². The molecule has 2 amide bonds. The molecule has 3 aromatic carbocycles. The largest absolute Gasteiger partial charge is 0.354 e. The third kappa shape index (κ3) is 8.11. The van der Waals surface area contributed by atoms with Gasteiger partial charge in [-0.15, -0.1) is 0 Å². The maximum atomic E-state index is 13.9. The summed E-state index contributed by atoms with van der Waals surface area (Å²) in [5.41, 5.74) is 0.770. The number of anilines is 1. The minimum absolute atomic E-state index is 0.0180. The normalized spacial score (nSPS) is 12.0. The van der Waals surface area contributed by atoms with E-state index < -0.39 is 28.5 Å². The molecule has 0 aliphatic heterocycles. The van der Waals surface area contributed by atoms with Gasteiger partial charge in [-0.3, -0.25) is 13.9 Å². The van der Waals surface area contributed by atoms with Crippen LogP contribution in [0.4, 0.5) is 5.69 Å². The van der Waals surface area contributed by atoms with E-state index in [1.165, 1.54) is 35.2 Å². The zero-order valence-corrected chi connectivity index (χ0v) is 24.7. The Bertz CT molecular complexity index is 1400. The van der Waals surface area contributed by atoms with Gasteiger partial charge < -0.3 is 10.2 Å². The van der Waals surface area contributed by atoms with E-state index in [1.807, 2.05) is 6.92 Å². The molecule has 0 aliphatic carbocycles. The van der Waals surface area contributed by atoms with Crippen molar-refractivity contribution >= 4 is 62.3 Å². The summed E-state index contributed by atoms with van der Waals surface area (Å²) in [4.78, 5) is 28.2. The number of carbonyl (C=O) groups is 2. The Morgan fingerprint density at radius 2 is 1.62 bits per heavy atom. The van der Waals surface area contributed by atoms with Gasteiger partial charge in [0.25, 0.3) is 10.0 Å². The molecule has 11 heteroatoms. The standard InChI is InChI=1S/C28H30Cl3N3O4S/c1-3-4-15-32-28(36)20(2)33(18-21-9-8-10-22(29)16-21)27(35)19-34(26-14-13-23(30)17-25(26)31)39(37,38)24-11-6-5-7-12-24/h5-14,16-17,20H,3-4,15,18-19H2,1-2H3,(H,32,36)/t20-/m0/s1. The topological polar surface area (TPSA) is 86.8 Å². The highest BCUT2D eigenvalue weighted by Crippen LogP contribution is 2.33. The first-order valence-corrected chi connectivity index (χ1v) is 15.0. The van der Waals surface area contributed by atoms with Gasteiger partial charge in [0.2, 0.25) is 11.8 Å². The quantitative estimate of drug-likeness (QED) is 0.248. The van der Waals surface area contributed by atoms with Crippen LogP contribution in [0, 0.1) is 0 Å². The molecule has 3 rings (SSSR count). The predicted octanol–water partition coefficient (Wildman–Crippen LogP) is 6.18. The SMILES string of the molecule is CCCCNC(=O)[C@H](C)N(Cc1cccc(Cl)c1)C(=O)CN(c1ccc(Cl)cc1Cl)S(=O)(=O)c1ccccc1. The number of hydrogen-bond acceptors (Lipinski definition) is 4. The highest BCUT2D eigenvalue weighted by Gasteiger charge is 2.33. The van der Waals surface area contributed by atoms with E-state index in [4.69, 9.17) is 34.8 Å². The molecule has 0 aromatic heterocycles. The highest BCUT2D eigenvalue weighted by atomic mass is 35.5. The smallest absolute Gasteiger partial charge is 0.264 e. The molecular weight excluding hydrogens is 581 g/mol.